The number of nitrogens with two attached hydrogens (primary N) is 1. The second kappa shape index (κ2) is 7.14. The van der Waals surface area contributed by atoms with E-state index in [1.54, 1.807) is 0 Å². The molecule has 0 unspecified atom stereocenters. The van der Waals surface area contributed by atoms with E-state index in [1.165, 1.54) is 0 Å². The summed E-state index contributed by atoms with van der Waals surface area (Å²) in [7, 11) is 0. The molecule has 0 aliphatic rings. The van der Waals surface area contributed by atoms with E-state index < -0.39 is 0 Å². The lowest BCUT2D eigenvalue weighted by Gasteiger charge is -2.21. The molecule has 0 radical (unpaired) electrons. The van der Waals surface area contributed by atoms with Crippen LogP contribution in [0, 0.1) is 0 Å². The first-order valence-corrected chi connectivity index (χ1v) is 5.67. The van der Waals surface area contributed by atoms with E-state index in [9.17, 15) is 0 Å². The number of likely N-dealkylation sites (N-methyl/N-ethyl adjacent to an activating group) is 1. The zero-order chi connectivity index (χ0) is 11.8. The summed E-state index contributed by atoms with van der Waals surface area (Å²) in [6.45, 7) is 7.69. The van der Waals surface area contributed by atoms with Gasteiger partial charge in [-0.25, -0.2) is 0 Å². The van der Waals surface area contributed by atoms with Crippen molar-refractivity contribution in [3.05, 3.63) is 17.8 Å². The minimum Gasteiger partial charge on any atom is -0.380 e. The van der Waals surface area contributed by atoms with E-state index in [-0.39, 0.29) is 0 Å². The molecule has 16 heavy (non-hydrogen) atoms. The Morgan fingerprint density at radius 2 is 2.12 bits per heavy atom. The molecule has 1 rings (SSSR count). The molecule has 1 aromatic heterocycles. The van der Waals surface area contributed by atoms with Crippen molar-refractivity contribution in [3.8, 4) is 0 Å². The Labute approximate surface area is 96.6 Å². The molecule has 1 heterocycles. The second-order valence-electron chi connectivity index (χ2n) is 3.36. The second-order valence-corrected chi connectivity index (χ2v) is 3.36. The summed E-state index contributed by atoms with van der Waals surface area (Å²) >= 11 is 0. The summed E-state index contributed by atoms with van der Waals surface area (Å²) in [5.74, 6) is 0.874. The van der Waals surface area contributed by atoms with Gasteiger partial charge in [-0.3, -0.25) is 0 Å². The van der Waals surface area contributed by atoms with Crippen LogP contribution in [0.15, 0.2) is 12.1 Å². The third-order valence-electron chi connectivity index (χ3n) is 2.33. The molecular weight excluding hydrogens is 204 g/mol. The molecule has 0 aromatic carbocycles. The van der Waals surface area contributed by atoms with Crippen LogP contribution in [-0.2, 0) is 11.3 Å². The number of rotatable bonds is 7. The Hall–Kier alpha value is -1.20. The van der Waals surface area contributed by atoms with Gasteiger partial charge < -0.3 is 15.4 Å². The lowest BCUT2D eigenvalue weighted by Crippen LogP contribution is -2.28. The van der Waals surface area contributed by atoms with Gasteiger partial charge >= 0.3 is 0 Å². The van der Waals surface area contributed by atoms with Crippen molar-refractivity contribution < 1.29 is 4.74 Å². The normalized spacial score (nSPS) is 10.4. The van der Waals surface area contributed by atoms with Gasteiger partial charge in [0.25, 0.3) is 0 Å². The van der Waals surface area contributed by atoms with Crippen LogP contribution >= 0.6 is 0 Å². The fourth-order valence-corrected chi connectivity index (χ4v) is 1.38. The maximum atomic E-state index is 5.47. The number of aromatic nitrogens is 2. The molecule has 0 bridgehead atoms. The maximum Gasteiger partial charge on any atom is 0.151 e. The molecule has 2 N–H and O–H groups in total. The Kier molecular flexibility index (Phi) is 5.74. The zero-order valence-electron chi connectivity index (χ0n) is 10.0. The molecule has 0 saturated carbocycles. The number of hydrogen-bond acceptors (Lipinski definition) is 5. The third kappa shape index (κ3) is 3.75. The summed E-state index contributed by atoms with van der Waals surface area (Å²) in [5.41, 5.74) is 6.28. The fraction of sp³-hybridized carbons (Fsp3) is 0.636. The van der Waals surface area contributed by atoms with E-state index in [2.05, 4.69) is 22.0 Å². The molecule has 0 saturated heterocycles. The lowest BCUT2D eigenvalue weighted by atomic mass is 10.3. The Morgan fingerprint density at radius 3 is 2.62 bits per heavy atom. The standard InChI is InChI=1S/C11H20N4O/c1-3-15(7-8-16-4-2)11-6-5-10(9-12)13-14-11/h5-6H,3-4,7-9,12H2,1-2H3. The highest BCUT2D eigenvalue weighted by Gasteiger charge is 2.05. The van der Waals surface area contributed by atoms with Crippen LogP contribution in [-0.4, -0.2) is 36.5 Å². The van der Waals surface area contributed by atoms with E-state index >= 15 is 0 Å². The molecule has 0 atom stereocenters. The molecule has 90 valence electrons. The minimum absolute atomic E-state index is 0.429. The van der Waals surface area contributed by atoms with E-state index in [0.29, 0.717) is 13.2 Å². The number of nitrogens with zero attached hydrogens (tertiary/aromatic N) is 3. The number of hydrogen-bond donors (Lipinski definition) is 1. The van der Waals surface area contributed by atoms with Crippen LogP contribution in [0.25, 0.3) is 0 Å². The van der Waals surface area contributed by atoms with Crippen LogP contribution in [0.3, 0.4) is 0 Å². The van der Waals surface area contributed by atoms with Gasteiger partial charge in [-0.15, -0.1) is 5.10 Å². The highest BCUT2D eigenvalue weighted by Crippen LogP contribution is 2.08. The lowest BCUT2D eigenvalue weighted by molar-refractivity contribution is 0.154. The zero-order valence-corrected chi connectivity index (χ0v) is 10.0. The van der Waals surface area contributed by atoms with E-state index in [4.69, 9.17) is 10.5 Å². The SMILES string of the molecule is CCOCCN(CC)c1ccc(CN)nn1. The van der Waals surface area contributed by atoms with Gasteiger partial charge in [0, 0.05) is 26.2 Å². The Morgan fingerprint density at radius 1 is 1.31 bits per heavy atom. The van der Waals surface area contributed by atoms with Gasteiger partial charge in [0.2, 0.25) is 0 Å². The predicted molar refractivity (Wildman–Crippen MR) is 64.3 cm³/mol. The van der Waals surface area contributed by atoms with Gasteiger partial charge in [-0.05, 0) is 26.0 Å². The molecule has 5 heteroatoms. The highest BCUT2D eigenvalue weighted by atomic mass is 16.5. The molecule has 0 fully saturated rings. The average Bonchev–Trinajstić information content (AvgIpc) is 2.35. The minimum atomic E-state index is 0.429. The molecule has 5 nitrogen and oxygen atoms in total. The van der Waals surface area contributed by atoms with Gasteiger partial charge in [0.15, 0.2) is 5.82 Å². The quantitative estimate of drug-likeness (QED) is 0.694. The van der Waals surface area contributed by atoms with Crippen LogP contribution in [0.2, 0.25) is 0 Å². The van der Waals surface area contributed by atoms with E-state index in [0.717, 1.165) is 31.2 Å². The molecule has 1 aromatic rings. The van der Waals surface area contributed by atoms with Crippen LogP contribution in [0.1, 0.15) is 19.5 Å². The van der Waals surface area contributed by atoms with Crippen molar-refractivity contribution in [2.75, 3.05) is 31.2 Å². The Bertz CT molecular complexity index is 289. The molecular formula is C11H20N4O. The van der Waals surface area contributed by atoms with Crippen LogP contribution < -0.4 is 10.6 Å². The molecule has 0 aliphatic heterocycles. The van der Waals surface area contributed by atoms with Gasteiger partial charge in [-0.2, -0.15) is 5.10 Å². The van der Waals surface area contributed by atoms with Crippen molar-refractivity contribution >= 4 is 5.82 Å². The fourth-order valence-electron chi connectivity index (χ4n) is 1.38. The first-order valence-electron chi connectivity index (χ1n) is 5.67. The maximum absolute atomic E-state index is 5.47. The summed E-state index contributed by atoms with van der Waals surface area (Å²) in [5, 5.41) is 8.18. The predicted octanol–water partition coefficient (Wildman–Crippen LogP) is 0.798. The van der Waals surface area contributed by atoms with Crippen molar-refractivity contribution in [2.24, 2.45) is 5.73 Å². The summed E-state index contributed by atoms with van der Waals surface area (Å²) in [6.07, 6.45) is 0. The molecule has 0 spiro atoms. The van der Waals surface area contributed by atoms with E-state index in [1.807, 2.05) is 19.1 Å². The summed E-state index contributed by atoms with van der Waals surface area (Å²) < 4.78 is 5.32. The topological polar surface area (TPSA) is 64.3 Å². The first kappa shape index (κ1) is 12.9. The summed E-state index contributed by atoms with van der Waals surface area (Å²) in [4.78, 5) is 2.13. The van der Waals surface area contributed by atoms with Crippen molar-refractivity contribution in [2.45, 2.75) is 20.4 Å². The van der Waals surface area contributed by atoms with Crippen LogP contribution in [0.5, 0.6) is 0 Å². The highest BCUT2D eigenvalue weighted by molar-refractivity contribution is 5.36. The van der Waals surface area contributed by atoms with Gasteiger partial charge in [0.1, 0.15) is 0 Å². The molecule has 0 aliphatic carbocycles. The van der Waals surface area contributed by atoms with Crippen molar-refractivity contribution in [1.29, 1.82) is 0 Å². The average molecular weight is 224 g/mol. The smallest absolute Gasteiger partial charge is 0.151 e. The van der Waals surface area contributed by atoms with Gasteiger partial charge in [-0.1, -0.05) is 0 Å². The first-order chi connectivity index (χ1) is 7.81. The summed E-state index contributed by atoms with van der Waals surface area (Å²) in [6, 6.07) is 3.86. The van der Waals surface area contributed by atoms with Crippen LogP contribution in [0.4, 0.5) is 5.82 Å². The van der Waals surface area contributed by atoms with Crippen molar-refractivity contribution in [1.82, 2.24) is 10.2 Å². The largest absolute Gasteiger partial charge is 0.380 e. The third-order valence-corrected chi connectivity index (χ3v) is 2.33. The molecule has 0 amide bonds. The number of ether oxygens (including phenoxy) is 1. The number of anilines is 1. The monoisotopic (exact) mass is 224 g/mol. The van der Waals surface area contributed by atoms with Crippen molar-refractivity contribution in [3.63, 3.8) is 0 Å². The van der Waals surface area contributed by atoms with Gasteiger partial charge in [0.05, 0.1) is 12.3 Å². The Balaban J connectivity index is 2.56.